The standard InChI is InChI=1S/C14H15ClFN3/c1-19(9-10-3-2-4-12(16)5-10)14-6-11(7-17)13(15)8-18-14/h2-6,8H,7,9,17H2,1H3. The van der Waals surface area contributed by atoms with Crippen molar-refractivity contribution in [2.24, 2.45) is 5.73 Å². The highest BCUT2D eigenvalue weighted by Gasteiger charge is 2.07. The first-order chi connectivity index (χ1) is 9.10. The summed E-state index contributed by atoms with van der Waals surface area (Å²) < 4.78 is 13.1. The zero-order chi connectivity index (χ0) is 13.8. The average Bonchev–Trinajstić information content (AvgIpc) is 2.39. The molecule has 0 fully saturated rings. The smallest absolute Gasteiger partial charge is 0.128 e. The Labute approximate surface area is 116 Å². The number of benzene rings is 1. The topological polar surface area (TPSA) is 42.1 Å². The molecule has 0 unspecified atom stereocenters. The summed E-state index contributed by atoms with van der Waals surface area (Å²) >= 11 is 5.97. The summed E-state index contributed by atoms with van der Waals surface area (Å²) in [4.78, 5) is 6.17. The van der Waals surface area contributed by atoms with Gasteiger partial charge in [0.15, 0.2) is 0 Å². The first kappa shape index (κ1) is 13.8. The lowest BCUT2D eigenvalue weighted by Crippen LogP contribution is -2.18. The molecule has 1 aromatic heterocycles. The second-order valence-corrected chi connectivity index (χ2v) is 4.73. The van der Waals surface area contributed by atoms with Crippen molar-refractivity contribution in [2.45, 2.75) is 13.1 Å². The van der Waals surface area contributed by atoms with Crippen molar-refractivity contribution in [2.75, 3.05) is 11.9 Å². The van der Waals surface area contributed by atoms with Crippen LogP contribution in [0.15, 0.2) is 36.5 Å². The molecular weight excluding hydrogens is 265 g/mol. The molecule has 0 bridgehead atoms. The van der Waals surface area contributed by atoms with Gasteiger partial charge in [-0.15, -0.1) is 0 Å². The molecule has 0 saturated carbocycles. The van der Waals surface area contributed by atoms with Crippen molar-refractivity contribution in [3.63, 3.8) is 0 Å². The number of hydrogen-bond donors (Lipinski definition) is 1. The van der Waals surface area contributed by atoms with Crippen LogP contribution in [0.4, 0.5) is 10.2 Å². The van der Waals surface area contributed by atoms with E-state index >= 15 is 0 Å². The van der Waals surface area contributed by atoms with Crippen LogP contribution in [0, 0.1) is 5.82 Å². The summed E-state index contributed by atoms with van der Waals surface area (Å²) in [5.41, 5.74) is 7.34. The van der Waals surface area contributed by atoms with Gasteiger partial charge in [0.2, 0.25) is 0 Å². The Bertz CT molecular complexity index is 574. The van der Waals surface area contributed by atoms with Crippen molar-refractivity contribution in [3.8, 4) is 0 Å². The van der Waals surface area contributed by atoms with E-state index in [1.54, 1.807) is 12.3 Å². The Morgan fingerprint density at radius 1 is 1.37 bits per heavy atom. The molecular formula is C14H15ClFN3. The Kier molecular flexibility index (Phi) is 4.35. The van der Waals surface area contributed by atoms with Gasteiger partial charge in [0.1, 0.15) is 11.6 Å². The van der Waals surface area contributed by atoms with Crippen molar-refractivity contribution < 1.29 is 4.39 Å². The number of rotatable bonds is 4. The van der Waals surface area contributed by atoms with Crippen LogP contribution in [0.25, 0.3) is 0 Å². The molecule has 0 saturated heterocycles. The third-order valence-corrected chi connectivity index (χ3v) is 3.18. The van der Waals surface area contributed by atoms with Gasteiger partial charge in [0.25, 0.3) is 0 Å². The molecule has 3 nitrogen and oxygen atoms in total. The van der Waals surface area contributed by atoms with Crippen molar-refractivity contribution >= 4 is 17.4 Å². The van der Waals surface area contributed by atoms with Crippen LogP contribution in [0.5, 0.6) is 0 Å². The third-order valence-electron chi connectivity index (χ3n) is 2.84. The highest BCUT2D eigenvalue weighted by molar-refractivity contribution is 6.31. The van der Waals surface area contributed by atoms with E-state index in [0.717, 1.165) is 16.9 Å². The van der Waals surface area contributed by atoms with Gasteiger partial charge in [-0.25, -0.2) is 9.37 Å². The molecule has 0 amide bonds. The van der Waals surface area contributed by atoms with E-state index < -0.39 is 0 Å². The number of nitrogens with two attached hydrogens (primary N) is 1. The van der Waals surface area contributed by atoms with Crippen LogP contribution in [-0.4, -0.2) is 12.0 Å². The van der Waals surface area contributed by atoms with Crippen LogP contribution in [-0.2, 0) is 13.1 Å². The normalized spacial score (nSPS) is 10.5. The fraction of sp³-hybridized carbons (Fsp3) is 0.214. The lowest BCUT2D eigenvalue weighted by Gasteiger charge is -2.19. The van der Waals surface area contributed by atoms with E-state index in [1.807, 2.05) is 24.1 Å². The van der Waals surface area contributed by atoms with E-state index in [1.165, 1.54) is 12.1 Å². The van der Waals surface area contributed by atoms with E-state index in [0.29, 0.717) is 18.1 Å². The molecule has 2 rings (SSSR count). The Hall–Kier alpha value is -1.65. The highest BCUT2D eigenvalue weighted by atomic mass is 35.5. The summed E-state index contributed by atoms with van der Waals surface area (Å²) in [6.45, 7) is 0.929. The molecule has 0 aliphatic rings. The van der Waals surface area contributed by atoms with Gasteiger partial charge in [0.05, 0.1) is 5.02 Å². The van der Waals surface area contributed by atoms with Crippen molar-refractivity contribution in [3.05, 3.63) is 58.5 Å². The van der Waals surface area contributed by atoms with Gasteiger partial charge in [-0.05, 0) is 29.3 Å². The number of anilines is 1. The van der Waals surface area contributed by atoms with E-state index in [-0.39, 0.29) is 5.82 Å². The molecule has 5 heteroatoms. The average molecular weight is 280 g/mol. The van der Waals surface area contributed by atoms with Crippen LogP contribution in [0.1, 0.15) is 11.1 Å². The number of nitrogens with zero attached hydrogens (tertiary/aromatic N) is 2. The van der Waals surface area contributed by atoms with Crippen LogP contribution < -0.4 is 10.6 Å². The molecule has 1 heterocycles. The molecule has 2 aromatic rings. The highest BCUT2D eigenvalue weighted by Crippen LogP contribution is 2.20. The maximum atomic E-state index is 13.1. The maximum Gasteiger partial charge on any atom is 0.128 e. The predicted octanol–water partition coefficient (Wildman–Crippen LogP) is 2.97. The lowest BCUT2D eigenvalue weighted by atomic mass is 10.2. The molecule has 0 aliphatic heterocycles. The zero-order valence-electron chi connectivity index (χ0n) is 10.6. The minimum absolute atomic E-state index is 0.238. The summed E-state index contributed by atoms with van der Waals surface area (Å²) in [6, 6.07) is 8.35. The monoisotopic (exact) mass is 279 g/mol. The minimum atomic E-state index is -0.238. The molecule has 0 aliphatic carbocycles. The van der Waals surface area contributed by atoms with Crippen LogP contribution in [0.2, 0.25) is 5.02 Å². The molecule has 0 spiro atoms. The second-order valence-electron chi connectivity index (χ2n) is 4.32. The minimum Gasteiger partial charge on any atom is -0.355 e. The maximum absolute atomic E-state index is 13.1. The van der Waals surface area contributed by atoms with Crippen molar-refractivity contribution in [1.29, 1.82) is 0 Å². The van der Waals surface area contributed by atoms with Gasteiger partial charge in [0, 0.05) is 26.3 Å². The molecule has 0 radical (unpaired) electrons. The van der Waals surface area contributed by atoms with Crippen molar-refractivity contribution in [1.82, 2.24) is 4.98 Å². The fourth-order valence-electron chi connectivity index (χ4n) is 1.82. The molecule has 100 valence electrons. The Morgan fingerprint density at radius 2 is 2.16 bits per heavy atom. The first-order valence-corrected chi connectivity index (χ1v) is 6.28. The van der Waals surface area contributed by atoms with Crippen LogP contribution >= 0.6 is 11.6 Å². The van der Waals surface area contributed by atoms with E-state index in [4.69, 9.17) is 17.3 Å². The number of aromatic nitrogens is 1. The molecule has 1 aromatic carbocycles. The molecule has 2 N–H and O–H groups in total. The Balaban J connectivity index is 2.18. The molecule has 0 atom stereocenters. The van der Waals surface area contributed by atoms with Gasteiger partial charge in [-0.2, -0.15) is 0 Å². The zero-order valence-corrected chi connectivity index (χ0v) is 11.4. The van der Waals surface area contributed by atoms with Gasteiger partial charge in [-0.1, -0.05) is 23.7 Å². The predicted molar refractivity (Wildman–Crippen MR) is 75.6 cm³/mol. The Morgan fingerprint density at radius 3 is 2.84 bits per heavy atom. The lowest BCUT2D eigenvalue weighted by molar-refractivity contribution is 0.625. The van der Waals surface area contributed by atoms with Gasteiger partial charge < -0.3 is 10.6 Å². The third kappa shape index (κ3) is 3.43. The second kappa shape index (κ2) is 5.99. The quantitative estimate of drug-likeness (QED) is 0.936. The fourth-order valence-corrected chi connectivity index (χ4v) is 2.00. The van der Waals surface area contributed by atoms with Gasteiger partial charge in [-0.3, -0.25) is 0 Å². The number of pyridine rings is 1. The largest absolute Gasteiger partial charge is 0.355 e. The summed E-state index contributed by atoms with van der Waals surface area (Å²) in [6.07, 6.45) is 1.58. The summed E-state index contributed by atoms with van der Waals surface area (Å²) in [7, 11) is 1.89. The van der Waals surface area contributed by atoms with E-state index in [2.05, 4.69) is 4.98 Å². The molecule has 19 heavy (non-hydrogen) atoms. The first-order valence-electron chi connectivity index (χ1n) is 5.90. The summed E-state index contributed by atoms with van der Waals surface area (Å²) in [5, 5.41) is 0.561. The number of halogens is 2. The summed E-state index contributed by atoms with van der Waals surface area (Å²) in [5.74, 6) is 0.520. The van der Waals surface area contributed by atoms with Crippen LogP contribution in [0.3, 0.4) is 0 Å². The SMILES string of the molecule is CN(Cc1cccc(F)c1)c1cc(CN)c(Cl)cn1. The van der Waals surface area contributed by atoms with Gasteiger partial charge >= 0.3 is 0 Å². The number of hydrogen-bond acceptors (Lipinski definition) is 3. The van der Waals surface area contributed by atoms with E-state index in [9.17, 15) is 4.39 Å².